The molecule has 1 atom stereocenters. The fourth-order valence-corrected chi connectivity index (χ4v) is 4.61. The molecular weight excluding hydrogens is 428 g/mol. The number of hydrogen-bond acceptors (Lipinski definition) is 5. The summed E-state index contributed by atoms with van der Waals surface area (Å²) in [7, 11) is -2.08. The van der Waals surface area contributed by atoms with E-state index in [9.17, 15) is 18.0 Å². The minimum absolute atomic E-state index is 0.0311. The minimum Gasteiger partial charge on any atom is -0.469 e. The Bertz CT molecular complexity index is 1050. The highest BCUT2D eigenvalue weighted by Gasteiger charge is 2.25. The van der Waals surface area contributed by atoms with Gasteiger partial charge in [-0.1, -0.05) is 23.7 Å². The first-order valence-corrected chi connectivity index (χ1v) is 11.7. The van der Waals surface area contributed by atoms with Crippen LogP contribution >= 0.6 is 11.6 Å². The Morgan fingerprint density at radius 1 is 1.20 bits per heavy atom. The van der Waals surface area contributed by atoms with E-state index in [4.69, 9.17) is 16.3 Å². The zero-order chi connectivity index (χ0) is 21.9. The Kier molecular flexibility index (Phi) is 6.67. The number of halogens is 1. The molecule has 7 nitrogen and oxygen atoms in total. The number of carbonyl (C=O) groups is 2. The third-order valence-corrected chi connectivity index (χ3v) is 6.43. The van der Waals surface area contributed by atoms with Crippen molar-refractivity contribution in [1.29, 1.82) is 0 Å². The Balaban J connectivity index is 1.85. The van der Waals surface area contributed by atoms with Crippen LogP contribution in [0.2, 0.25) is 5.02 Å². The van der Waals surface area contributed by atoms with E-state index in [-0.39, 0.29) is 12.3 Å². The molecular formula is C21H23ClN2O5S. The molecule has 0 saturated carbocycles. The Morgan fingerprint density at radius 2 is 1.90 bits per heavy atom. The van der Waals surface area contributed by atoms with E-state index in [1.165, 1.54) is 17.7 Å². The Hall–Kier alpha value is -2.58. The largest absolute Gasteiger partial charge is 0.469 e. The van der Waals surface area contributed by atoms with E-state index in [0.29, 0.717) is 35.7 Å². The second kappa shape index (κ2) is 9.06. The van der Waals surface area contributed by atoms with E-state index in [1.54, 1.807) is 42.5 Å². The number of sulfonamides is 1. The van der Waals surface area contributed by atoms with E-state index < -0.39 is 22.0 Å². The Labute approximate surface area is 181 Å². The molecule has 2 aromatic carbocycles. The van der Waals surface area contributed by atoms with E-state index in [0.717, 1.165) is 11.1 Å². The molecule has 30 heavy (non-hydrogen) atoms. The maximum atomic E-state index is 12.9. The van der Waals surface area contributed by atoms with Gasteiger partial charge in [-0.3, -0.25) is 13.9 Å². The smallest absolute Gasteiger partial charge is 0.307 e. The first-order chi connectivity index (χ1) is 14.2. The van der Waals surface area contributed by atoms with Gasteiger partial charge in [-0.2, -0.15) is 0 Å². The number of anilines is 1. The molecule has 0 saturated heterocycles. The molecule has 9 heteroatoms. The third-order valence-electron chi connectivity index (χ3n) is 4.99. The zero-order valence-corrected chi connectivity index (χ0v) is 18.3. The van der Waals surface area contributed by atoms with Crippen molar-refractivity contribution in [2.24, 2.45) is 0 Å². The van der Waals surface area contributed by atoms with Gasteiger partial charge in [0.1, 0.15) is 0 Å². The highest BCUT2D eigenvalue weighted by Crippen LogP contribution is 2.30. The maximum absolute atomic E-state index is 12.9. The molecule has 0 fully saturated rings. The van der Waals surface area contributed by atoms with Crippen molar-refractivity contribution in [1.82, 2.24) is 5.32 Å². The highest BCUT2D eigenvalue weighted by molar-refractivity contribution is 7.92. The van der Waals surface area contributed by atoms with Gasteiger partial charge in [0.25, 0.3) is 5.91 Å². The van der Waals surface area contributed by atoms with Crippen LogP contribution in [0.3, 0.4) is 0 Å². The molecule has 0 radical (unpaired) electrons. The van der Waals surface area contributed by atoms with Crippen LogP contribution in [0.4, 0.5) is 5.69 Å². The lowest BCUT2D eigenvalue weighted by Gasteiger charge is -2.29. The molecule has 3 rings (SSSR count). The summed E-state index contributed by atoms with van der Waals surface area (Å²) in [5.41, 5.74) is 2.52. The number of nitrogens with one attached hydrogen (secondary N) is 1. The van der Waals surface area contributed by atoms with Crippen LogP contribution in [-0.2, 0) is 26.0 Å². The molecule has 2 aromatic rings. The van der Waals surface area contributed by atoms with E-state index in [2.05, 4.69) is 5.32 Å². The summed E-state index contributed by atoms with van der Waals surface area (Å²) >= 11 is 5.94. The standard InChI is InChI=1S/C21H23ClN2O5S/c1-29-20(25)13-18(14-5-8-17(22)9-6-14)23-21(26)16-7-10-19-15(12-16)4-3-11-24(19)30(2,27)28/h5-10,12,18H,3-4,11,13H2,1-2H3,(H,23,26)/t18-/m0/s1. The third kappa shape index (κ3) is 5.12. The first-order valence-electron chi connectivity index (χ1n) is 9.43. The van der Waals surface area contributed by atoms with Crippen LogP contribution in [-0.4, -0.2) is 40.2 Å². The van der Waals surface area contributed by atoms with E-state index in [1.807, 2.05) is 0 Å². The van der Waals surface area contributed by atoms with Crippen molar-refractivity contribution in [2.75, 3.05) is 24.2 Å². The number of hydrogen-bond donors (Lipinski definition) is 1. The van der Waals surface area contributed by atoms with Gasteiger partial charge >= 0.3 is 5.97 Å². The lowest BCUT2D eigenvalue weighted by molar-refractivity contribution is -0.141. The number of amides is 1. The molecule has 0 spiro atoms. The van der Waals surface area contributed by atoms with Gasteiger partial charge in [0, 0.05) is 17.1 Å². The first kappa shape index (κ1) is 22.1. The predicted molar refractivity (Wildman–Crippen MR) is 115 cm³/mol. The Morgan fingerprint density at radius 3 is 2.53 bits per heavy atom. The monoisotopic (exact) mass is 450 g/mol. The van der Waals surface area contributed by atoms with Crippen molar-refractivity contribution in [3.63, 3.8) is 0 Å². The minimum atomic E-state index is -3.38. The second-order valence-electron chi connectivity index (χ2n) is 7.14. The summed E-state index contributed by atoms with van der Waals surface area (Å²) in [6.45, 7) is 0.426. The molecule has 0 unspecified atom stereocenters. The summed E-state index contributed by atoms with van der Waals surface area (Å²) in [5, 5.41) is 3.42. The topological polar surface area (TPSA) is 92.8 Å². The van der Waals surface area contributed by atoms with Crippen molar-refractivity contribution < 1.29 is 22.7 Å². The number of nitrogens with zero attached hydrogens (tertiary/aromatic N) is 1. The van der Waals surface area contributed by atoms with Crippen molar-refractivity contribution >= 4 is 39.2 Å². The van der Waals surface area contributed by atoms with Crippen LogP contribution in [0.1, 0.15) is 40.4 Å². The molecule has 0 aliphatic carbocycles. The van der Waals surface area contributed by atoms with Gasteiger partial charge in [-0.15, -0.1) is 0 Å². The van der Waals surface area contributed by atoms with Gasteiger partial charge in [-0.25, -0.2) is 8.42 Å². The lowest BCUT2D eigenvalue weighted by Crippen LogP contribution is -2.35. The fraction of sp³-hybridized carbons (Fsp3) is 0.333. The molecule has 0 aromatic heterocycles. The fourth-order valence-electron chi connectivity index (χ4n) is 3.49. The number of methoxy groups -OCH3 is 1. The number of carbonyl (C=O) groups excluding carboxylic acids is 2. The van der Waals surface area contributed by atoms with Crippen LogP contribution in [0.5, 0.6) is 0 Å². The normalized spacial score (nSPS) is 14.6. The van der Waals surface area contributed by atoms with Crippen molar-refractivity contribution in [2.45, 2.75) is 25.3 Å². The molecule has 1 N–H and O–H groups in total. The molecule has 1 heterocycles. The van der Waals surface area contributed by atoms with Crippen LogP contribution in [0, 0.1) is 0 Å². The number of aryl methyl sites for hydroxylation is 1. The van der Waals surface area contributed by atoms with Crippen LogP contribution in [0.15, 0.2) is 42.5 Å². The summed E-state index contributed by atoms with van der Waals surface area (Å²) in [5.74, 6) is -0.817. The molecule has 1 amide bonds. The van der Waals surface area contributed by atoms with Gasteiger partial charge in [-0.05, 0) is 54.3 Å². The zero-order valence-electron chi connectivity index (χ0n) is 16.7. The predicted octanol–water partition coefficient (Wildman–Crippen LogP) is 3.09. The second-order valence-corrected chi connectivity index (χ2v) is 9.48. The molecule has 0 bridgehead atoms. The summed E-state index contributed by atoms with van der Waals surface area (Å²) in [6.07, 6.45) is 2.51. The van der Waals surface area contributed by atoms with Crippen molar-refractivity contribution in [3.8, 4) is 0 Å². The quantitative estimate of drug-likeness (QED) is 0.682. The average Bonchev–Trinajstić information content (AvgIpc) is 2.72. The van der Waals surface area contributed by atoms with Crippen LogP contribution in [0.25, 0.3) is 0 Å². The SMILES string of the molecule is COC(=O)C[C@H](NC(=O)c1ccc2c(c1)CCCN2S(C)(=O)=O)c1ccc(Cl)cc1. The van der Waals surface area contributed by atoms with Gasteiger partial charge in [0.15, 0.2) is 0 Å². The average molecular weight is 451 g/mol. The number of esters is 1. The number of rotatable bonds is 6. The molecule has 160 valence electrons. The van der Waals surface area contributed by atoms with Gasteiger partial charge in [0.05, 0.1) is 31.5 Å². The number of fused-ring (bicyclic) bond motifs is 1. The summed E-state index contributed by atoms with van der Waals surface area (Å²) in [4.78, 5) is 24.7. The number of benzene rings is 2. The molecule has 1 aliphatic rings. The highest BCUT2D eigenvalue weighted by atomic mass is 35.5. The summed E-state index contributed by atoms with van der Waals surface area (Å²) in [6, 6.07) is 11.2. The number of ether oxygens (including phenoxy) is 1. The molecule has 1 aliphatic heterocycles. The lowest BCUT2D eigenvalue weighted by atomic mass is 9.99. The van der Waals surface area contributed by atoms with Crippen molar-refractivity contribution in [3.05, 3.63) is 64.2 Å². The van der Waals surface area contributed by atoms with Crippen LogP contribution < -0.4 is 9.62 Å². The maximum Gasteiger partial charge on any atom is 0.307 e. The summed E-state index contributed by atoms with van der Waals surface area (Å²) < 4.78 is 30.2. The van der Waals surface area contributed by atoms with Gasteiger partial charge in [0.2, 0.25) is 10.0 Å². The van der Waals surface area contributed by atoms with E-state index >= 15 is 0 Å². The van der Waals surface area contributed by atoms with Gasteiger partial charge < -0.3 is 10.1 Å².